The zero-order valence-electron chi connectivity index (χ0n) is 21.5. The van der Waals surface area contributed by atoms with E-state index in [4.69, 9.17) is 9.05 Å². The zero-order valence-corrected chi connectivity index (χ0v) is 21.5. The van der Waals surface area contributed by atoms with Crippen molar-refractivity contribution in [2.24, 2.45) is 11.8 Å². The first-order chi connectivity index (χ1) is 18.4. The van der Waals surface area contributed by atoms with Gasteiger partial charge in [0.25, 0.3) is 5.89 Å². The molecule has 1 amide bonds. The summed E-state index contributed by atoms with van der Waals surface area (Å²) in [4.78, 5) is 24.1. The summed E-state index contributed by atoms with van der Waals surface area (Å²) in [6, 6.07) is 7.39. The molecule has 10 heteroatoms. The van der Waals surface area contributed by atoms with Crippen molar-refractivity contribution in [1.29, 1.82) is 0 Å². The normalized spacial score (nSPS) is 20.6. The quantitative estimate of drug-likeness (QED) is 0.262. The van der Waals surface area contributed by atoms with Gasteiger partial charge in [0.05, 0.1) is 0 Å². The molecule has 202 valence electrons. The minimum atomic E-state index is -2.78. The lowest BCUT2D eigenvalue weighted by Gasteiger charge is -2.26. The Labute approximate surface area is 220 Å². The first kappa shape index (κ1) is 25.1. The van der Waals surface area contributed by atoms with E-state index in [0.29, 0.717) is 48.1 Å². The molecule has 0 bridgehead atoms. The molecule has 0 saturated heterocycles. The van der Waals surface area contributed by atoms with Crippen LogP contribution in [0.4, 0.5) is 14.5 Å². The van der Waals surface area contributed by atoms with Crippen LogP contribution in [0.1, 0.15) is 87.7 Å². The van der Waals surface area contributed by atoms with Crippen LogP contribution in [0.3, 0.4) is 0 Å². The van der Waals surface area contributed by atoms with Gasteiger partial charge in [-0.25, -0.2) is 8.78 Å². The molecule has 2 heterocycles. The molecule has 1 aromatic carbocycles. The van der Waals surface area contributed by atoms with Crippen LogP contribution in [0.5, 0.6) is 0 Å². The molecule has 0 spiro atoms. The first-order valence-corrected chi connectivity index (χ1v) is 13.9. The number of anilines is 1. The number of carbonyl (C=O) groups is 1. The average molecular weight is 526 g/mol. The van der Waals surface area contributed by atoms with Gasteiger partial charge in [0, 0.05) is 55.3 Å². The number of halogens is 2. The molecule has 38 heavy (non-hydrogen) atoms. The maximum absolute atomic E-state index is 14.0. The van der Waals surface area contributed by atoms with Crippen LogP contribution in [0.25, 0.3) is 11.5 Å². The van der Waals surface area contributed by atoms with E-state index in [0.717, 1.165) is 49.9 Å². The predicted octanol–water partition coefficient (Wildman–Crippen LogP) is 6.13. The topological polar surface area (TPSA) is 98.2 Å². The molecule has 2 aromatic heterocycles. The summed E-state index contributed by atoms with van der Waals surface area (Å²) < 4.78 is 38.8. The van der Waals surface area contributed by atoms with Gasteiger partial charge in [-0.3, -0.25) is 4.79 Å². The van der Waals surface area contributed by atoms with Crippen molar-refractivity contribution in [3.05, 3.63) is 41.8 Å². The van der Waals surface area contributed by atoms with Crippen molar-refractivity contribution in [2.75, 3.05) is 11.4 Å². The van der Waals surface area contributed by atoms with Crippen molar-refractivity contribution in [3.8, 4) is 11.5 Å². The van der Waals surface area contributed by atoms with E-state index in [1.54, 1.807) is 4.90 Å². The Kier molecular flexibility index (Phi) is 6.97. The smallest absolute Gasteiger partial charge is 0.257 e. The number of unbranched alkanes of at least 4 members (excludes halogenated alkanes) is 2. The molecule has 0 aliphatic heterocycles. The van der Waals surface area contributed by atoms with Crippen molar-refractivity contribution in [1.82, 2.24) is 20.3 Å². The molecular weight excluding hydrogens is 492 g/mol. The summed E-state index contributed by atoms with van der Waals surface area (Å²) in [5.74, 6) is -0.0305. The predicted molar refractivity (Wildman–Crippen MR) is 135 cm³/mol. The monoisotopic (exact) mass is 525 g/mol. The lowest BCUT2D eigenvalue weighted by Crippen LogP contribution is -2.36. The van der Waals surface area contributed by atoms with Gasteiger partial charge < -0.3 is 13.9 Å². The van der Waals surface area contributed by atoms with E-state index in [2.05, 4.69) is 20.3 Å². The molecule has 0 N–H and O–H groups in total. The van der Waals surface area contributed by atoms with Crippen molar-refractivity contribution in [3.63, 3.8) is 0 Å². The van der Waals surface area contributed by atoms with Crippen LogP contribution in [-0.2, 0) is 17.6 Å². The molecule has 1 unspecified atom stereocenters. The van der Waals surface area contributed by atoms with Crippen LogP contribution in [-0.4, -0.2) is 38.7 Å². The van der Waals surface area contributed by atoms with Crippen LogP contribution >= 0.6 is 0 Å². The third-order valence-corrected chi connectivity index (χ3v) is 7.76. The number of carbonyl (C=O) groups excluding carboxylic acids is 1. The third kappa shape index (κ3) is 6.10. The summed E-state index contributed by atoms with van der Waals surface area (Å²) in [6.45, 7) is 0.443. The number of benzene rings is 1. The second-order valence-corrected chi connectivity index (χ2v) is 11.1. The summed E-state index contributed by atoms with van der Waals surface area (Å²) in [5.41, 5.74) is 1.38. The fraction of sp³-hybridized carbons (Fsp3) is 0.607. The van der Waals surface area contributed by atoms with Gasteiger partial charge in [-0.15, -0.1) is 0 Å². The van der Waals surface area contributed by atoms with Gasteiger partial charge in [-0.1, -0.05) is 22.8 Å². The Morgan fingerprint density at radius 2 is 1.89 bits per heavy atom. The molecule has 3 aromatic rings. The van der Waals surface area contributed by atoms with Crippen LogP contribution in [0.2, 0.25) is 0 Å². The summed E-state index contributed by atoms with van der Waals surface area (Å²) >= 11 is 0. The van der Waals surface area contributed by atoms with Crippen LogP contribution in [0, 0.1) is 11.8 Å². The molecule has 1 atom stereocenters. The number of rotatable bonds is 12. The number of hydrogen-bond acceptors (Lipinski definition) is 7. The summed E-state index contributed by atoms with van der Waals surface area (Å²) in [5, 5.41) is 8.16. The highest BCUT2D eigenvalue weighted by atomic mass is 19.3. The van der Waals surface area contributed by atoms with Crippen molar-refractivity contribution < 1.29 is 22.6 Å². The Balaban J connectivity index is 1.12. The largest absolute Gasteiger partial charge is 0.339 e. The number of aromatic nitrogens is 4. The minimum absolute atomic E-state index is 0.205. The number of hydrogen-bond donors (Lipinski definition) is 0. The van der Waals surface area contributed by atoms with E-state index in [9.17, 15) is 13.6 Å². The lowest BCUT2D eigenvalue weighted by atomic mass is 10.0. The number of alkyl halides is 2. The average Bonchev–Trinajstić information content (AvgIpc) is 3.79. The maximum atomic E-state index is 14.0. The maximum Gasteiger partial charge on any atom is 0.257 e. The van der Waals surface area contributed by atoms with E-state index in [1.807, 2.05) is 24.3 Å². The Hall–Kier alpha value is -3.17. The number of nitrogens with zero attached hydrogens (tertiary/aromatic N) is 5. The van der Waals surface area contributed by atoms with E-state index >= 15 is 0 Å². The molecule has 3 saturated carbocycles. The Bertz CT molecular complexity index is 1270. The van der Waals surface area contributed by atoms with E-state index in [-0.39, 0.29) is 18.7 Å². The molecule has 0 radical (unpaired) electrons. The van der Waals surface area contributed by atoms with Gasteiger partial charge in [0.1, 0.15) is 0 Å². The summed E-state index contributed by atoms with van der Waals surface area (Å²) in [6.07, 6.45) is 8.17. The highest BCUT2D eigenvalue weighted by Gasteiger charge is 2.44. The standard InChI is InChI=1S/C28H33F2N5O3/c29-28(30)13-12-21(17-28)27(36)35(14-3-1-2-7-24-32-25(34-37-24)19-10-11-19)22-6-4-5-20(16-22)26-31-23(33-38-26)15-18-8-9-18/h4-6,16,18-19,21H,1-3,7-15,17H2. The number of amides is 1. The molecule has 8 nitrogen and oxygen atoms in total. The Morgan fingerprint density at radius 3 is 2.66 bits per heavy atom. The van der Waals surface area contributed by atoms with Gasteiger partial charge in [-0.2, -0.15) is 9.97 Å². The molecular formula is C28H33F2N5O3. The van der Waals surface area contributed by atoms with Gasteiger partial charge in [0.2, 0.25) is 17.7 Å². The van der Waals surface area contributed by atoms with Crippen LogP contribution in [0.15, 0.2) is 33.3 Å². The van der Waals surface area contributed by atoms with Gasteiger partial charge in [0.15, 0.2) is 11.6 Å². The second-order valence-electron chi connectivity index (χ2n) is 11.1. The SMILES string of the molecule is O=C(C1CCC(F)(F)C1)N(CCCCCc1nc(C2CC2)no1)c1cccc(-c2nc(CC3CC3)no2)c1. The number of aryl methyl sites for hydroxylation is 1. The second kappa shape index (κ2) is 10.5. The lowest BCUT2D eigenvalue weighted by molar-refractivity contribution is -0.123. The van der Waals surface area contributed by atoms with Gasteiger partial charge >= 0.3 is 0 Å². The third-order valence-electron chi connectivity index (χ3n) is 7.76. The van der Waals surface area contributed by atoms with Crippen LogP contribution < -0.4 is 4.90 Å². The minimum Gasteiger partial charge on any atom is -0.339 e. The highest BCUT2D eigenvalue weighted by Crippen LogP contribution is 2.41. The highest BCUT2D eigenvalue weighted by molar-refractivity contribution is 5.95. The zero-order chi connectivity index (χ0) is 26.1. The fourth-order valence-electron chi connectivity index (χ4n) is 5.19. The molecule has 3 aliphatic rings. The van der Waals surface area contributed by atoms with E-state index in [1.165, 1.54) is 12.8 Å². The van der Waals surface area contributed by atoms with E-state index < -0.39 is 18.3 Å². The summed E-state index contributed by atoms with van der Waals surface area (Å²) in [7, 11) is 0. The molecule has 3 fully saturated rings. The molecule has 6 rings (SSSR count). The van der Waals surface area contributed by atoms with Crippen molar-refractivity contribution in [2.45, 2.75) is 88.9 Å². The van der Waals surface area contributed by atoms with Gasteiger partial charge in [-0.05, 0) is 69.1 Å². The molecule has 3 aliphatic carbocycles. The first-order valence-electron chi connectivity index (χ1n) is 13.9. The van der Waals surface area contributed by atoms with Crippen molar-refractivity contribution >= 4 is 11.6 Å². The Morgan fingerprint density at radius 1 is 1.03 bits per heavy atom. The fourth-order valence-corrected chi connectivity index (χ4v) is 5.19.